The topological polar surface area (TPSA) is 49.3 Å². The van der Waals surface area contributed by atoms with E-state index in [4.69, 9.17) is 0 Å². The smallest absolute Gasteiger partial charge is 0.148 e. The van der Waals surface area contributed by atoms with Gasteiger partial charge in [0, 0.05) is 30.0 Å². The number of quaternary nitrogens is 1. The summed E-state index contributed by atoms with van der Waals surface area (Å²) in [7, 11) is 0. The molecule has 2 saturated heterocycles. The Morgan fingerprint density at radius 2 is 2.26 bits per heavy atom. The van der Waals surface area contributed by atoms with E-state index in [2.05, 4.69) is 31.3 Å². The van der Waals surface area contributed by atoms with E-state index < -0.39 is 0 Å². The lowest BCUT2D eigenvalue weighted by Gasteiger charge is -2.53. The molecule has 4 atom stereocenters. The zero-order chi connectivity index (χ0) is 18.8. The summed E-state index contributed by atoms with van der Waals surface area (Å²) in [6.45, 7) is 7.84. The van der Waals surface area contributed by atoms with Crippen molar-refractivity contribution in [3.63, 3.8) is 0 Å². The van der Waals surface area contributed by atoms with E-state index in [9.17, 15) is 9.90 Å². The number of phenols is 1. The normalized spacial score (nSPS) is 37.2. The zero-order valence-corrected chi connectivity index (χ0v) is 16.3. The molecule has 5 rings (SSSR count). The Morgan fingerprint density at radius 1 is 1.41 bits per heavy atom. The van der Waals surface area contributed by atoms with Gasteiger partial charge in [-0.3, -0.25) is 4.79 Å². The number of unbranched alkanes of at least 4 members (excludes halogenated alkanes) is 1. The minimum Gasteiger partial charge on any atom is -0.506 e. The van der Waals surface area contributed by atoms with Gasteiger partial charge in [-0.15, -0.1) is 0 Å². The predicted octanol–water partition coefficient (Wildman–Crippen LogP) is 3.88. The second kappa shape index (κ2) is 5.71. The van der Waals surface area contributed by atoms with Crippen molar-refractivity contribution in [1.29, 1.82) is 0 Å². The van der Waals surface area contributed by atoms with E-state index in [1.807, 2.05) is 6.07 Å². The first-order chi connectivity index (χ1) is 13.1. The van der Waals surface area contributed by atoms with Crippen molar-refractivity contribution in [1.82, 2.24) is 0 Å². The van der Waals surface area contributed by atoms with Crippen LogP contribution in [0.25, 0.3) is 0 Å². The van der Waals surface area contributed by atoms with Crippen LogP contribution in [0.4, 0.5) is 5.69 Å². The molecule has 1 aromatic carbocycles. The van der Waals surface area contributed by atoms with Crippen molar-refractivity contribution in [3.8, 4) is 5.75 Å². The number of aromatic hydroxyl groups is 1. The second-order valence-corrected chi connectivity index (χ2v) is 8.84. The molecule has 4 aliphatic rings. The van der Waals surface area contributed by atoms with E-state index in [1.54, 1.807) is 6.07 Å². The molecule has 4 nitrogen and oxygen atoms in total. The number of allylic oxidation sites excluding steroid dienone is 2. The van der Waals surface area contributed by atoms with Gasteiger partial charge in [-0.1, -0.05) is 31.6 Å². The Kier molecular flexibility index (Phi) is 3.61. The number of benzene rings is 1. The number of nitrogens with zero attached hydrogens (tertiary/aromatic N) is 1. The van der Waals surface area contributed by atoms with Crippen LogP contribution in [0.15, 0.2) is 41.1 Å². The highest BCUT2D eigenvalue weighted by atomic mass is 16.3. The molecule has 0 aromatic heterocycles. The van der Waals surface area contributed by atoms with Gasteiger partial charge in [-0.25, -0.2) is 0 Å². The van der Waals surface area contributed by atoms with Gasteiger partial charge in [-0.2, -0.15) is 0 Å². The standard InChI is InChI=1S/C23H28N2O2/c1-3-5-10-25-11-9-23-18-7-6-8-19(27)21(18)24-22(23)17(14-26)16(12-20(23)25)15(4-2)13-25/h4,6-8,14,16,20H,3,5,9-13H2,1-2H3,(H-,24,26,27)/p+1/t16-,20+,23?,25?/m0/s1. The average Bonchev–Trinajstić information content (AvgIpc) is 3.21. The van der Waals surface area contributed by atoms with Crippen LogP contribution >= 0.6 is 0 Å². The predicted molar refractivity (Wildman–Crippen MR) is 107 cm³/mol. The molecule has 3 aliphatic heterocycles. The first kappa shape index (κ1) is 17.1. The van der Waals surface area contributed by atoms with E-state index in [0.717, 1.165) is 53.7 Å². The molecule has 142 valence electrons. The number of carbonyl (C=O) groups is 1. The highest BCUT2D eigenvalue weighted by molar-refractivity contribution is 5.85. The number of fused-ring (bicyclic) bond motifs is 2. The van der Waals surface area contributed by atoms with Gasteiger partial charge in [0.2, 0.25) is 0 Å². The number of rotatable bonds is 4. The highest BCUT2D eigenvalue weighted by Crippen LogP contribution is 2.64. The summed E-state index contributed by atoms with van der Waals surface area (Å²) in [6.07, 6.45) is 7.91. The fourth-order valence-electron chi connectivity index (χ4n) is 6.76. The summed E-state index contributed by atoms with van der Waals surface area (Å²) in [5.41, 5.74) is 5.34. The minimum atomic E-state index is -0.131. The summed E-state index contributed by atoms with van der Waals surface area (Å²) < 4.78 is 1.15. The van der Waals surface area contributed by atoms with Crippen LogP contribution in [0.5, 0.6) is 5.75 Å². The molecule has 1 spiro atoms. The Hall–Kier alpha value is -2.07. The molecule has 1 aromatic rings. The number of para-hydroxylation sites is 1. The van der Waals surface area contributed by atoms with E-state index in [-0.39, 0.29) is 11.3 Å². The summed E-state index contributed by atoms with van der Waals surface area (Å²) in [6, 6.07) is 6.37. The molecule has 0 saturated carbocycles. The monoisotopic (exact) mass is 365 g/mol. The quantitative estimate of drug-likeness (QED) is 0.368. The van der Waals surface area contributed by atoms with Gasteiger partial charge in [-0.05, 0) is 30.5 Å². The van der Waals surface area contributed by atoms with Crippen LogP contribution in [0, 0.1) is 5.92 Å². The molecule has 1 aliphatic carbocycles. The summed E-state index contributed by atoms with van der Waals surface area (Å²) in [5, 5.41) is 14.0. The molecule has 2 bridgehead atoms. The van der Waals surface area contributed by atoms with Crippen molar-refractivity contribution in [2.75, 3.05) is 25.0 Å². The van der Waals surface area contributed by atoms with Crippen LogP contribution in [0.1, 0.15) is 45.1 Å². The maximum Gasteiger partial charge on any atom is 0.148 e. The Morgan fingerprint density at radius 3 is 3.00 bits per heavy atom. The Labute approximate surface area is 161 Å². The van der Waals surface area contributed by atoms with E-state index in [0.29, 0.717) is 11.8 Å². The van der Waals surface area contributed by atoms with Crippen molar-refractivity contribution in [3.05, 3.63) is 46.7 Å². The maximum absolute atomic E-state index is 12.2. The molecule has 2 fully saturated rings. The largest absolute Gasteiger partial charge is 0.506 e. The van der Waals surface area contributed by atoms with Crippen LogP contribution < -0.4 is 5.32 Å². The third-order valence-electron chi connectivity index (χ3n) is 7.92. The van der Waals surface area contributed by atoms with Crippen LogP contribution in [0.3, 0.4) is 0 Å². The summed E-state index contributed by atoms with van der Waals surface area (Å²) >= 11 is 0. The van der Waals surface area contributed by atoms with Crippen molar-refractivity contribution < 1.29 is 14.4 Å². The van der Waals surface area contributed by atoms with Gasteiger partial charge in [0.05, 0.1) is 24.2 Å². The number of piperidine rings is 1. The number of aldehydes is 1. The number of anilines is 1. The SMILES string of the molecule is CC=C1C[N+]2(CCCC)CCC34C(=C(C=O)[C@H]1C[C@H]32)Nc1c(O)cccc14. The fourth-order valence-corrected chi connectivity index (χ4v) is 6.76. The van der Waals surface area contributed by atoms with Gasteiger partial charge < -0.3 is 14.9 Å². The molecule has 4 heteroatoms. The number of nitrogens with one attached hydrogen (secondary N) is 1. The molecular formula is C23H29N2O2+. The maximum atomic E-state index is 12.2. The van der Waals surface area contributed by atoms with Crippen molar-refractivity contribution in [2.24, 2.45) is 5.92 Å². The highest BCUT2D eigenvalue weighted by Gasteiger charge is 2.68. The van der Waals surface area contributed by atoms with Gasteiger partial charge in [0.1, 0.15) is 24.6 Å². The number of phenolic OH excluding ortho intramolecular Hbond substituents is 1. The fraction of sp³-hybridized carbons (Fsp3) is 0.522. The number of hydrogen-bond donors (Lipinski definition) is 2. The lowest BCUT2D eigenvalue weighted by molar-refractivity contribution is -0.941. The van der Waals surface area contributed by atoms with Gasteiger partial charge >= 0.3 is 0 Å². The number of carbonyl (C=O) groups excluding carboxylic acids is 1. The minimum absolute atomic E-state index is 0.131. The lowest BCUT2D eigenvalue weighted by Crippen LogP contribution is -2.63. The molecular weight excluding hydrogens is 336 g/mol. The summed E-state index contributed by atoms with van der Waals surface area (Å²) in [4.78, 5) is 12.2. The van der Waals surface area contributed by atoms with Crippen LogP contribution in [-0.2, 0) is 10.2 Å². The first-order valence-electron chi connectivity index (χ1n) is 10.4. The van der Waals surface area contributed by atoms with Crippen molar-refractivity contribution in [2.45, 2.75) is 51.0 Å². The third kappa shape index (κ3) is 1.94. The van der Waals surface area contributed by atoms with Crippen LogP contribution in [-0.4, -0.2) is 41.6 Å². The molecule has 0 radical (unpaired) electrons. The lowest BCUT2D eigenvalue weighted by atomic mass is 9.61. The molecule has 27 heavy (non-hydrogen) atoms. The van der Waals surface area contributed by atoms with E-state index >= 15 is 0 Å². The Bertz CT molecular complexity index is 886. The third-order valence-corrected chi connectivity index (χ3v) is 7.92. The van der Waals surface area contributed by atoms with Gasteiger partial charge in [0.15, 0.2) is 0 Å². The van der Waals surface area contributed by atoms with E-state index in [1.165, 1.54) is 30.5 Å². The molecule has 0 amide bonds. The number of hydrogen-bond acceptors (Lipinski definition) is 3. The van der Waals surface area contributed by atoms with Crippen LogP contribution in [0.2, 0.25) is 0 Å². The average molecular weight is 365 g/mol. The molecule has 2 N–H and O–H groups in total. The summed E-state index contributed by atoms with van der Waals surface area (Å²) in [5.74, 6) is 0.531. The molecule has 3 heterocycles. The Balaban J connectivity index is 1.78. The van der Waals surface area contributed by atoms with Crippen molar-refractivity contribution >= 4 is 12.0 Å². The van der Waals surface area contributed by atoms with Gasteiger partial charge in [0.25, 0.3) is 0 Å². The first-order valence-corrected chi connectivity index (χ1v) is 10.4. The zero-order valence-electron chi connectivity index (χ0n) is 16.3. The molecule has 2 unspecified atom stereocenters. The second-order valence-electron chi connectivity index (χ2n) is 8.84.